The Morgan fingerprint density at radius 2 is 1.58 bits per heavy atom. The van der Waals surface area contributed by atoms with E-state index in [1.165, 1.54) is 10.5 Å². The molecule has 0 aliphatic heterocycles. The maximum atomic E-state index is 12.1. The Morgan fingerprint density at radius 1 is 0.923 bits per heavy atom. The first-order chi connectivity index (χ1) is 12.5. The lowest BCUT2D eigenvalue weighted by Crippen LogP contribution is -3.04. The fourth-order valence-corrected chi connectivity index (χ4v) is 2.68. The Labute approximate surface area is 155 Å². The average Bonchev–Trinajstić information content (AvgIpc) is 2.61. The summed E-state index contributed by atoms with van der Waals surface area (Å²) >= 11 is 0. The van der Waals surface area contributed by atoms with Crippen LogP contribution in [0.15, 0.2) is 48.5 Å². The molecule has 3 N–H and O–H groups in total. The van der Waals surface area contributed by atoms with Crippen LogP contribution in [0.3, 0.4) is 0 Å². The van der Waals surface area contributed by atoms with Crippen molar-refractivity contribution in [1.82, 2.24) is 10.6 Å². The van der Waals surface area contributed by atoms with Crippen LogP contribution in [0.1, 0.15) is 33.5 Å². The van der Waals surface area contributed by atoms with Gasteiger partial charge in [-0.25, -0.2) is 0 Å². The summed E-state index contributed by atoms with van der Waals surface area (Å²) in [5.74, 6) is -0.216. The number of carbonyl (C=O) groups is 2. The summed E-state index contributed by atoms with van der Waals surface area (Å²) in [6, 6.07) is 15.7. The average molecular weight is 354 g/mol. The maximum absolute atomic E-state index is 12.1. The first-order valence-electron chi connectivity index (χ1n) is 8.93. The van der Waals surface area contributed by atoms with Crippen LogP contribution < -0.4 is 15.5 Å². The van der Waals surface area contributed by atoms with E-state index in [-0.39, 0.29) is 18.2 Å². The predicted molar refractivity (Wildman–Crippen MR) is 103 cm³/mol. The number of rotatable bonds is 8. The molecule has 2 aromatic carbocycles. The lowest BCUT2D eigenvalue weighted by molar-refractivity contribution is -0.872. The molecule has 0 heterocycles. The van der Waals surface area contributed by atoms with E-state index in [0.29, 0.717) is 18.7 Å². The van der Waals surface area contributed by atoms with E-state index in [1.807, 2.05) is 37.3 Å². The molecule has 0 radical (unpaired) electrons. The molecule has 0 unspecified atom stereocenters. The van der Waals surface area contributed by atoms with Crippen LogP contribution in [0, 0.1) is 6.92 Å². The number of hydrogen-bond acceptors (Lipinski definition) is 2. The van der Waals surface area contributed by atoms with Gasteiger partial charge in [-0.15, -0.1) is 0 Å². The Morgan fingerprint density at radius 3 is 2.23 bits per heavy atom. The smallest absolute Gasteiger partial charge is 0.251 e. The fraction of sp³-hybridized carbons (Fsp3) is 0.333. The second-order valence-electron chi connectivity index (χ2n) is 6.80. The van der Waals surface area contributed by atoms with Gasteiger partial charge in [0.2, 0.25) is 5.91 Å². The highest BCUT2D eigenvalue weighted by atomic mass is 16.2. The van der Waals surface area contributed by atoms with Crippen LogP contribution in [0.5, 0.6) is 0 Å². The number of amides is 2. The molecule has 0 aromatic heterocycles. The van der Waals surface area contributed by atoms with E-state index < -0.39 is 0 Å². The van der Waals surface area contributed by atoms with Gasteiger partial charge < -0.3 is 15.5 Å². The molecule has 0 bridgehead atoms. The van der Waals surface area contributed by atoms with E-state index in [4.69, 9.17) is 0 Å². The summed E-state index contributed by atoms with van der Waals surface area (Å²) in [6.45, 7) is 3.70. The number of quaternary nitrogens is 1. The highest BCUT2D eigenvalue weighted by Crippen LogP contribution is 2.06. The van der Waals surface area contributed by atoms with Crippen molar-refractivity contribution in [3.05, 3.63) is 70.8 Å². The highest BCUT2D eigenvalue weighted by molar-refractivity contribution is 5.95. The third-order valence-corrected chi connectivity index (χ3v) is 4.10. The van der Waals surface area contributed by atoms with Crippen LogP contribution in [-0.4, -0.2) is 32.5 Å². The third kappa shape index (κ3) is 6.33. The SMILES string of the molecule is Cc1ccccc1C(=O)NCCC(=O)NCc1ccc(C[NH+](C)C)cc1. The molecule has 0 saturated heterocycles. The molecular weight excluding hydrogens is 326 g/mol. The van der Waals surface area contributed by atoms with Crippen LogP contribution in [-0.2, 0) is 17.9 Å². The Balaban J connectivity index is 1.70. The number of nitrogens with one attached hydrogen (secondary N) is 3. The zero-order chi connectivity index (χ0) is 18.9. The number of aryl methyl sites for hydroxylation is 1. The number of carbonyl (C=O) groups excluding carboxylic acids is 2. The number of benzene rings is 2. The van der Waals surface area contributed by atoms with E-state index in [1.54, 1.807) is 6.07 Å². The Bertz CT molecular complexity index is 739. The zero-order valence-corrected chi connectivity index (χ0v) is 15.8. The molecular formula is C21H28N3O2+. The van der Waals surface area contributed by atoms with Crippen molar-refractivity contribution in [3.63, 3.8) is 0 Å². The first kappa shape index (κ1) is 19.7. The molecule has 0 saturated carbocycles. The van der Waals surface area contributed by atoms with Crippen molar-refractivity contribution < 1.29 is 14.5 Å². The summed E-state index contributed by atoms with van der Waals surface area (Å²) < 4.78 is 0. The van der Waals surface area contributed by atoms with Crippen molar-refractivity contribution in [2.24, 2.45) is 0 Å². The maximum Gasteiger partial charge on any atom is 0.251 e. The number of hydrogen-bond donors (Lipinski definition) is 3. The lowest BCUT2D eigenvalue weighted by atomic mass is 10.1. The molecule has 138 valence electrons. The van der Waals surface area contributed by atoms with Gasteiger partial charge in [0.25, 0.3) is 5.91 Å². The third-order valence-electron chi connectivity index (χ3n) is 4.10. The highest BCUT2D eigenvalue weighted by Gasteiger charge is 2.08. The molecule has 0 aliphatic carbocycles. The van der Waals surface area contributed by atoms with Gasteiger partial charge in [0.1, 0.15) is 6.54 Å². The summed E-state index contributed by atoms with van der Waals surface area (Å²) in [4.78, 5) is 25.4. The summed E-state index contributed by atoms with van der Waals surface area (Å²) in [6.07, 6.45) is 0.264. The minimum atomic E-state index is -0.144. The topological polar surface area (TPSA) is 62.6 Å². The minimum Gasteiger partial charge on any atom is -0.352 e. The molecule has 2 rings (SSSR count). The van der Waals surface area contributed by atoms with Gasteiger partial charge in [-0.1, -0.05) is 42.5 Å². The molecule has 0 atom stereocenters. The van der Waals surface area contributed by atoms with Crippen LogP contribution in [0.4, 0.5) is 0 Å². The van der Waals surface area contributed by atoms with E-state index in [9.17, 15) is 9.59 Å². The molecule has 0 spiro atoms. The van der Waals surface area contributed by atoms with E-state index >= 15 is 0 Å². The fourth-order valence-electron chi connectivity index (χ4n) is 2.68. The van der Waals surface area contributed by atoms with E-state index in [0.717, 1.165) is 17.7 Å². The van der Waals surface area contributed by atoms with Gasteiger partial charge in [-0.05, 0) is 24.1 Å². The summed E-state index contributed by atoms with van der Waals surface area (Å²) in [5.41, 5.74) is 3.92. The Hall–Kier alpha value is -2.66. The first-order valence-corrected chi connectivity index (χ1v) is 8.93. The molecule has 2 aromatic rings. The second-order valence-corrected chi connectivity index (χ2v) is 6.80. The standard InChI is InChI=1S/C21H27N3O2/c1-16-6-4-5-7-19(16)21(26)22-13-12-20(25)23-14-17-8-10-18(11-9-17)15-24(2)3/h4-11H,12-15H2,1-3H3,(H,22,26)(H,23,25)/p+1. The zero-order valence-electron chi connectivity index (χ0n) is 15.8. The van der Waals surface area contributed by atoms with Crippen molar-refractivity contribution in [1.29, 1.82) is 0 Å². The van der Waals surface area contributed by atoms with Crippen molar-refractivity contribution in [2.75, 3.05) is 20.6 Å². The molecule has 0 aliphatic rings. The van der Waals surface area contributed by atoms with Gasteiger partial charge >= 0.3 is 0 Å². The van der Waals surface area contributed by atoms with Gasteiger partial charge in [-0.3, -0.25) is 9.59 Å². The van der Waals surface area contributed by atoms with Crippen molar-refractivity contribution in [2.45, 2.75) is 26.4 Å². The van der Waals surface area contributed by atoms with Crippen LogP contribution >= 0.6 is 0 Å². The summed E-state index contributed by atoms with van der Waals surface area (Å²) in [7, 11) is 4.23. The monoisotopic (exact) mass is 354 g/mol. The largest absolute Gasteiger partial charge is 0.352 e. The van der Waals surface area contributed by atoms with Gasteiger partial charge in [0.15, 0.2) is 0 Å². The molecule has 5 heteroatoms. The van der Waals surface area contributed by atoms with Gasteiger partial charge in [0.05, 0.1) is 14.1 Å². The lowest BCUT2D eigenvalue weighted by Gasteiger charge is -2.09. The molecule has 26 heavy (non-hydrogen) atoms. The predicted octanol–water partition coefficient (Wildman–Crippen LogP) is 1.08. The van der Waals surface area contributed by atoms with Gasteiger partial charge in [-0.2, -0.15) is 0 Å². The molecule has 5 nitrogen and oxygen atoms in total. The molecule has 2 amide bonds. The van der Waals surface area contributed by atoms with Crippen LogP contribution in [0.2, 0.25) is 0 Å². The quantitative estimate of drug-likeness (QED) is 0.664. The molecule has 0 fully saturated rings. The minimum absolute atomic E-state index is 0.0723. The van der Waals surface area contributed by atoms with E-state index in [2.05, 4.69) is 36.9 Å². The van der Waals surface area contributed by atoms with Gasteiger partial charge in [0, 0.05) is 30.6 Å². The van der Waals surface area contributed by atoms with Crippen molar-refractivity contribution >= 4 is 11.8 Å². The van der Waals surface area contributed by atoms with Crippen molar-refractivity contribution in [3.8, 4) is 0 Å². The summed E-state index contributed by atoms with van der Waals surface area (Å²) in [5, 5.41) is 5.68. The second kappa shape index (κ2) is 9.73. The Kier molecular flexibility index (Phi) is 7.36. The normalized spacial score (nSPS) is 10.6. The van der Waals surface area contributed by atoms with Crippen LogP contribution in [0.25, 0.3) is 0 Å².